The van der Waals surface area contributed by atoms with Crippen molar-refractivity contribution in [2.45, 2.75) is 26.0 Å². The zero-order valence-electron chi connectivity index (χ0n) is 14.0. The van der Waals surface area contributed by atoms with E-state index in [9.17, 15) is 13.5 Å². The van der Waals surface area contributed by atoms with Gasteiger partial charge in [0.1, 0.15) is 0 Å². The molecule has 1 fully saturated rings. The third kappa shape index (κ3) is 3.73. The number of para-hydroxylation sites is 1. The first kappa shape index (κ1) is 18.0. The Kier molecular flexibility index (Phi) is 4.90. The van der Waals surface area contributed by atoms with Crippen LogP contribution in [0, 0.1) is 13.8 Å². The lowest BCUT2D eigenvalue weighted by Crippen LogP contribution is -2.35. The van der Waals surface area contributed by atoms with Crippen LogP contribution in [-0.2, 0) is 9.84 Å². The van der Waals surface area contributed by atoms with Crippen LogP contribution in [0.25, 0.3) is 5.69 Å². The van der Waals surface area contributed by atoms with Gasteiger partial charge >= 0.3 is 0 Å². The molecular weight excluding hydrogens is 362 g/mol. The molecule has 1 saturated heterocycles. The number of aromatic nitrogens is 1. The molecule has 2 heterocycles. The third-order valence-corrected chi connectivity index (χ3v) is 6.37. The van der Waals surface area contributed by atoms with Gasteiger partial charge in [0.15, 0.2) is 9.84 Å². The molecule has 0 aliphatic carbocycles. The first-order chi connectivity index (χ1) is 11.8. The van der Waals surface area contributed by atoms with Crippen molar-refractivity contribution < 1.29 is 13.5 Å². The highest BCUT2D eigenvalue weighted by Gasteiger charge is 2.36. The lowest BCUT2D eigenvalue weighted by Gasteiger charge is -2.12. The Hall–Kier alpha value is -1.83. The minimum Gasteiger partial charge on any atom is -0.390 e. The zero-order chi connectivity index (χ0) is 18.2. The van der Waals surface area contributed by atoms with E-state index in [2.05, 4.69) is 10.5 Å². The monoisotopic (exact) mass is 381 g/mol. The van der Waals surface area contributed by atoms with Gasteiger partial charge in [0, 0.05) is 17.0 Å². The molecule has 2 unspecified atom stereocenters. The highest BCUT2D eigenvalue weighted by molar-refractivity contribution is 7.91. The number of hydrogen-bond donors (Lipinski definition) is 2. The standard InChI is InChI=1S/C17H20ClN3O3S/c1-11-7-13(8-19-20-15-9-25(23,24)10-17(15)22)12(2)21(11)16-6-4-3-5-14(16)18/h3-8,15,17,20,22H,9-10H2,1-2H3/b19-8+. The number of halogens is 1. The summed E-state index contributed by atoms with van der Waals surface area (Å²) in [5.74, 6) is -0.328. The number of aryl methyl sites for hydroxylation is 1. The second-order valence-electron chi connectivity index (χ2n) is 6.25. The van der Waals surface area contributed by atoms with Gasteiger partial charge in [0.2, 0.25) is 0 Å². The minimum absolute atomic E-state index is 0.107. The highest BCUT2D eigenvalue weighted by atomic mass is 35.5. The SMILES string of the molecule is Cc1cc(/C=N/NC2CS(=O)(=O)CC2O)c(C)n1-c1ccccc1Cl. The fourth-order valence-electron chi connectivity index (χ4n) is 3.08. The van der Waals surface area contributed by atoms with Crippen LogP contribution in [-0.4, -0.2) is 48.0 Å². The molecule has 3 rings (SSSR count). The van der Waals surface area contributed by atoms with Crippen LogP contribution in [0.4, 0.5) is 0 Å². The van der Waals surface area contributed by atoms with Crippen molar-refractivity contribution in [3.63, 3.8) is 0 Å². The van der Waals surface area contributed by atoms with Crippen LogP contribution < -0.4 is 5.43 Å². The van der Waals surface area contributed by atoms with E-state index in [1.165, 1.54) is 0 Å². The number of benzene rings is 1. The predicted octanol–water partition coefficient (Wildman–Crippen LogP) is 1.83. The van der Waals surface area contributed by atoms with Crippen molar-refractivity contribution in [1.29, 1.82) is 0 Å². The number of nitrogens with zero attached hydrogens (tertiary/aromatic N) is 2. The highest BCUT2D eigenvalue weighted by Crippen LogP contribution is 2.25. The second-order valence-corrected chi connectivity index (χ2v) is 8.81. The van der Waals surface area contributed by atoms with Crippen molar-refractivity contribution >= 4 is 27.7 Å². The maximum Gasteiger partial charge on any atom is 0.155 e. The molecule has 0 bridgehead atoms. The number of sulfone groups is 1. The summed E-state index contributed by atoms with van der Waals surface area (Å²) < 4.78 is 25.1. The van der Waals surface area contributed by atoms with Gasteiger partial charge < -0.3 is 15.1 Å². The van der Waals surface area contributed by atoms with Crippen molar-refractivity contribution in [2.24, 2.45) is 5.10 Å². The summed E-state index contributed by atoms with van der Waals surface area (Å²) in [6.45, 7) is 3.95. The predicted molar refractivity (Wildman–Crippen MR) is 99.4 cm³/mol. The number of nitrogens with one attached hydrogen (secondary N) is 1. The van der Waals surface area contributed by atoms with E-state index < -0.39 is 22.0 Å². The fraction of sp³-hybridized carbons (Fsp3) is 0.353. The maximum absolute atomic E-state index is 11.5. The average Bonchev–Trinajstić information content (AvgIpc) is 2.95. The van der Waals surface area contributed by atoms with Gasteiger partial charge in [-0.2, -0.15) is 5.10 Å². The number of aliphatic hydroxyl groups is 1. The maximum atomic E-state index is 11.5. The molecule has 25 heavy (non-hydrogen) atoms. The number of hydrogen-bond acceptors (Lipinski definition) is 5. The molecule has 8 heteroatoms. The molecule has 1 aliphatic heterocycles. The van der Waals surface area contributed by atoms with E-state index in [-0.39, 0.29) is 11.5 Å². The normalized spacial score (nSPS) is 22.6. The Balaban J connectivity index is 1.81. The minimum atomic E-state index is -3.20. The van der Waals surface area contributed by atoms with Crippen LogP contribution in [0.2, 0.25) is 5.02 Å². The quantitative estimate of drug-likeness (QED) is 0.625. The van der Waals surface area contributed by atoms with Crippen molar-refractivity contribution in [2.75, 3.05) is 11.5 Å². The molecule has 0 radical (unpaired) electrons. The van der Waals surface area contributed by atoms with E-state index in [0.717, 1.165) is 22.6 Å². The van der Waals surface area contributed by atoms with E-state index in [4.69, 9.17) is 11.6 Å². The lowest BCUT2D eigenvalue weighted by atomic mass is 10.2. The molecular formula is C17H20ClN3O3S. The Morgan fingerprint density at radius 1 is 1.32 bits per heavy atom. The molecule has 2 N–H and O–H groups in total. The number of hydrazone groups is 1. The van der Waals surface area contributed by atoms with Gasteiger partial charge in [-0.1, -0.05) is 23.7 Å². The van der Waals surface area contributed by atoms with Gasteiger partial charge in [0.25, 0.3) is 0 Å². The largest absolute Gasteiger partial charge is 0.390 e. The zero-order valence-corrected chi connectivity index (χ0v) is 15.5. The molecule has 0 spiro atoms. The number of aliphatic hydroxyl groups excluding tert-OH is 1. The molecule has 6 nitrogen and oxygen atoms in total. The molecule has 2 aromatic rings. The van der Waals surface area contributed by atoms with Crippen LogP contribution in [0.15, 0.2) is 35.4 Å². The molecule has 1 aromatic heterocycles. The second kappa shape index (κ2) is 6.82. The van der Waals surface area contributed by atoms with E-state index >= 15 is 0 Å². The third-order valence-electron chi connectivity index (χ3n) is 4.33. The fourth-order valence-corrected chi connectivity index (χ4v) is 5.03. The van der Waals surface area contributed by atoms with E-state index in [0.29, 0.717) is 5.02 Å². The first-order valence-electron chi connectivity index (χ1n) is 7.89. The van der Waals surface area contributed by atoms with Crippen molar-refractivity contribution in [3.05, 3.63) is 52.3 Å². The molecule has 1 aliphatic rings. The van der Waals surface area contributed by atoms with Crippen LogP contribution >= 0.6 is 11.6 Å². The topological polar surface area (TPSA) is 83.7 Å². The van der Waals surface area contributed by atoms with Crippen LogP contribution in [0.1, 0.15) is 17.0 Å². The van der Waals surface area contributed by atoms with Crippen LogP contribution in [0.3, 0.4) is 0 Å². The Morgan fingerprint density at radius 3 is 2.68 bits per heavy atom. The van der Waals surface area contributed by atoms with Gasteiger partial charge in [-0.3, -0.25) is 0 Å². The van der Waals surface area contributed by atoms with Crippen molar-refractivity contribution in [3.8, 4) is 5.69 Å². The molecule has 134 valence electrons. The van der Waals surface area contributed by atoms with Gasteiger partial charge in [-0.15, -0.1) is 0 Å². The molecule has 0 saturated carbocycles. The van der Waals surface area contributed by atoms with Gasteiger partial charge in [-0.25, -0.2) is 8.42 Å². The summed E-state index contributed by atoms with van der Waals surface area (Å²) in [6.07, 6.45) is 0.700. The Labute approximate surface area is 152 Å². The summed E-state index contributed by atoms with van der Waals surface area (Å²) >= 11 is 6.29. The molecule has 0 amide bonds. The Bertz CT molecular complexity index is 921. The first-order valence-corrected chi connectivity index (χ1v) is 10.1. The van der Waals surface area contributed by atoms with E-state index in [1.807, 2.05) is 48.7 Å². The van der Waals surface area contributed by atoms with E-state index in [1.54, 1.807) is 6.21 Å². The molecule has 2 atom stereocenters. The average molecular weight is 382 g/mol. The lowest BCUT2D eigenvalue weighted by molar-refractivity contribution is 0.167. The summed E-state index contributed by atoms with van der Waals surface area (Å²) in [5, 5.41) is 14.6. The van der Waals surface area contributed by atoms with Crippen LogP contribution in [0.5, 0.6) is 0 Å². The summed E-state index contributed by atoms with van der Waals surface area (Å²) in [6, 6.07) is 9.00. The number of rotatable bonds is 4. The van der Waals surface area contributed by atoms with Gasteiger partial charge in [-0.05, 0) is 32.0 Å². The van der Waals surface area contributed by atoms with Gasteiger partial charge in [0.05, 0.1) is 40.6 Å². The summed E-state index contributed by atoms with van der Waals surface area (Å²) in [7, 11) is -3.20. The summed E-state index contributed by atoms with van der Waals surface area (Å²) in [4.78, 5) is 0. The van der Waals surface area contributed by atoms with Crippen molar-refractivity contribution in [1.82, 2.24) is 9.99 Å². The Morgan fingerprint density at radius 2 is 2.04 bits per heavy atom. The molecule has 1 aromatic carbocycles. The summed E-state index contributed by atoms with van der Waals surface area (Å²) in [5.41, 5.74) is 6.51. The smallest absolute Gasteiger partial charge is 0.155 e.